The van der Waals surface area contributed by atoms with Crippen molar-refractivity contribution in [2.45, 2.75) is 33.7 Å². The first-order valence-electron chi connectivity index (χ1n) is 8.16. The Kier molecular flexibility index (Phi) is 4.92. The maximum Gasteiger partial charge on any atom is 0.132 e. The molecule has 0 N–H and O–H groups in total. The molecule has 1 atom stereocenters. The van der Waals surface area contributed by atoms with Crippen molar-refractivity contribution >= 4 is 17.2 Å². The Morgan fingerprint density at radius 3 is 2.83 bits per heavy atom. The Bertz CT molecular complexity index is 649. The molecule has 2 aromatic heterocycles. The zero-order valence-corrected chi connectivity index (χ0v) is 15.2. The number of thiazole rings is 1. The molecule has 23 heavy (non-hydrogen) atoms. The van der Waals surface area contributed by atoms with Crippen molar-refractivity contribution in [3.8, 4) is 0 Å². The lowest BCUT2D eigenvalue weighted by Crippen LogP contribution is -2.28. The molecule has 0 saturated carbocycles. The van der Waals surface area contributed by atoms with Crippen LogP contribution in [0.2, 0.25) is 0 Å². The van der Waals surface area contributed by atoms with E-state index in [9.17, 15) is 0 Å². The molecule has 0 amide bonds. The van der Waals surface area contributed by atoms with Crippen molar-refractivity contribution in [3.05, 3.63) is 33.7 Å². The number of hydrogen-bond acceptors (Lipinski definition) is 6. The van der Waals surface area contributed by atoms with Gasteiger partial charge in [0, 0.05) is 42.8 Å². The van der Waals surface area contributed by atoms with Gasteiger partial charge in [0.2, 0.25) is 0 Å². The van der Waals surface area contributed by atoms with Crippen LogP contribution in [0.3, 0.4) is 0 Å². The van der Waals surface area contributed by atoms with Crippen molar-refractivity contribution in [1.29, 1.82) is 0 Å². The summed E-state index contributed by atoms with van der Waals surface area (Å²) in [6, 6.07) is 2.10. The lowest BCUT2D eigenvalue weighted by molar-refractivity contribution is 0.281. The van der Waals surface area contributed by atoms with Crippen molar-refractivity contribution in [3.63, 3.8) is 0 Å². The van der Waals surface area contributed by atoms with Gasteiger partial charge in [0.25, 0.3) is 0 Å². The van der Waals surface area contributed by atoms with Gasteiger partial charge in [-0.15, -0.1) is 11.3 Å². The van der Waals surface area contributed by atoms with Crippen LogP contribution in [-0.2, 0) is 6.54 Å². The zero-order valence-electron chi connectivity index (χ0n) is 14.4. The zero-order chi connectivity index (χ0) is 16.4. The molecule has 1 aliphatic rings. The van der Waals surface area contributed by atoms with Crippen LogP contribution in [0.1, 0.15) is 28.5 Å². The molecular formula is C17H25N5S. The van der Waals surface area contributed by atoms with Crippen molar-refractivity contribution in [1.82, 2.24) is 19.9 Å². The largest absolute Gasteiger partial charge is 0.356 e. The monoisotopic (exact) mass is 331 g/mol. The van der Waals surface area contributed by atoms with E-state index >= 15 is 0 Å². The molecule has 3 rings (SSSR count). The third-order valence-electron chi connectivity index (χ3n) is 4.39. The topological polar surface area (TPSA) is 45.2 Å². The molecule has 1 fully saturated rings. The molecule has 5 nitrogen and oxygen atoms in total. The highest BCUT2D eigenvalue weighted by Gasteiger charge is 2.25. The fraction of sp³-hybridized carbons (Fsp3) is 0.588. The molecule has 1 unspecified atom stereocenters. The Labute approximate surface area is 142 Å². The number of nitrogens with zero attached hydrogens (tertiary/aromatic N) is 5. The summed E-state index contributed by atoms with van der Waals surface area (Å²) in [6.07, 6.45) is 1.23. The Balaban J connectivity index is 1.56. The predicted octanol–water partition coefficient (Wildman–Crippen LogP) is 2.82. The number of aromatic nitrogens is 3. The summed E-state index contributed by atoms with van der Waals surface area (Å²) in [5.74, 6) is 2.64. The van der Waals surface area contributed by atoms with E-state index in [0.717, 1.165) is 43.5 Å². The average molecular weight is 331 g/mol. The molecule has 0 radical (unpaired) electrons. The van der Waals surface area contributed by atoms with Crippen LogP contribution < -0.4 is 4.90 Å². The van der Waals surface area contributed by atoms with Gasteiger partial charge in [-0.3, -0.25) is 0 Å². The van der Waals surface area contributed by atoms with Gasteiger partial charge in [0.15, 0.2) is 0 Å². The van der Waals surface area contributed by atoms with Crippen LogP contribution in [0.15, 0.2) is 11.6 Å². The molecule has 0 spiro atoms. The highest BCUT2D eigenvalue weighted by atomic mass is 32.1. The summed E-state index contributed by atoms with van der Waals surface area (Å²) < 4.78 is 0. The number of aryl methyl sites for hydroxylation is 3. The number of hydrogen-bond donors (Lipinski definition) is 0. The van der Waals surface area contributed by atoms with E-state index in [-0.39, 0.29) is 0 Å². The highest BCUT2D eigenvalue weighted by Crippen LogP contribution is 2.24. The van der Waals surface area contributed by atoms with Crippen molar-refractivity contribution in [2.24, 2.45) is 5.92 Å². The predicted molar refractivity (Wildman–Crippen MR) is 95.0 cm³/mol. The SMILES string of the molecule is Cc1cc(N2CCC(CN(C)Cc3scnc3C)C2)nc(C)n1. The van der Waals surface area contributed by atoms with Gasteiger partial charge in [-0.05, 0) is 40.2 Å². The summed E-state index contributed by atoms with van der Waals surface area (Å²) >= 11 is 1.76. The smallest absolute Gasteiger partial charge is 0.132 e. The van der Waals surface area contributed by atoms with Gasteiger partial charge in [0.05, 0.1) is 11.2 Å². The number of rotatable bonds is 5. The second-order valence-corrected chi connectivity index (χ2v) is 7.51. The molecule has 124 valence electrons. The lowest BCUT2D eigenvalue weighted by atomic mass is 10.1. The van der Waals surface area contributed by atoms with Gasteiger partial charge in [0.1, 0.15) is 11.6 Å². The fourth-order valence-corrected chi connectivity index (χ4v) is 4.13. The summed E-state index contributed by atoms with van der Waals surface area (Å²) in [7, 11) is 2.21. The van der Waals surface area contributed by atoms with E-state index in [0.29, 0.717) is 5.92 Å². The Morgan fingerprint density at radius 1 is 1.30 bits per heavy atom. The fourth-order valence-electron chi connectivity index (χ4n) is 3.28. The summed E-state index contributed by atoms with van der Waals surface area (Å²) in [4.78, 5) is 19.5. The summed E-state index contributed by atoms with van der Waals surface area (Å²) in [5, 5.41) is 0. The molecule has 3 heterocycles. The molecular weight excluding hydrogens is 306 g/mol. The van der Waals surface area contributed by atoms with Crippen LogP contribution in [0, 0.1) is 26.7 Å². The van der Waals surface area contributed by atoms with E-state index in [4.69, 9.17) is 0 Å². The third kappa shape index (κ3) is 4.06. The summed E-state index contributed by atoms with van der Waals surface area (Å²) in [5.41, 5.74) is 4.16. The first kappa shape index (κ1) is 16.3. The quantitative estimate of drug-likeness (QED) is 0.843. The van der Waals surface area contributed by atoms with Crippen LogP contribution in [0.5, 0.6) is 0 Å². The van der Waals surface area contributed by atoms with E-state index < -0.39 is 0 Å². The maximum absolute atomic E-state index is 4.60. The van der Waals surface area contributed by atoms with Crippen LogP contribution in [0.25, 0.3) is 0 Å². The van der Waals surface area contributed by atoms with E-state index in [2.05, 4.69) is 44.8 Å². The minimum Gasteiger partial charge on any atom is -0.356 e. The van der Waals surface area contributed by atoms with Gasteiger partial charge in [-0.25, -0.2) is 15.0 Å². The Morgan fingerprint density at radius 2 is 2.13 bits per heavy atom. The second-order valence-electron chi connectivity index (χ2n) is 6.57. The van der Waals surface area contributed by atoms with Crippen molar-refractivity contribution < 1.29 is 0 Å². The molecule has 0 aromatic carbocycles. The standard InChI is InChI=1S/C17H25N5S/c1-12-7-17(20-14(3)19-12)22-6-5-15(9-22)8-21(4)10-16-13(2)18-11-23-16/h7,11,15H,5-6,8-10H2,1-4H3. The van der Waals surface area contributed by atoms with Gasteiger partial charge >= 0.3 is 0 Å². The van der Waals surface area contributed by atoms with Gasteiger partial charge in [-0.2, -0.15) is 0 Å². The molecule has 2 aromatic rings. The molecule has 6 heteroatoms. The summed E-state index contributed by atoms with van der Waals surface area (Å²) in [6.45, 7) is 10.4. The van der Waals surface area contributed by atoms with Gasteiger partial charge in [-0.1, -0.05) is 0 Å². The lowest BCUT2D eigenvalue weighted by Gasteiger charge is -2.22. The molecule has 0 aliphatic carbocycles. The third-order valence-corrected chi connectivity index (χ3v) is 5.31. The van der Waals surface area contributed by atoms with E-state index in [1.807, 2.05) is 19.4 Å². The molecule has 1 aliphatic heterocycles. The minimum atomic E-state index is 0.698. The minimum absolute atomic E-state index is 0.698. The average Bonchev–Trinajstić information content (AvgIpc) is 3.08. The first-order valence-corrected chi connectivity index (χ1v) is 9.04. The van der Waals surface area contributed by atoms with Crippen LogP contribution >= 0.6 is 11.3 Å². The van der Waals surface area contributed by atoms with Crippen molar-refractivity contribution in [2.75, 3.05) is 31.6 Å². The van der Waals surface area contributed by atoms with Crippen LogP contribution in [-0.4, -0.2) is 46.5 Å². The Hall–Kier alpha value is -1.53. The van der Waals surface area contributed by atoms with Gasteiger partial charge < -0.3 is 9.80 Å². The normalized spacial score (nSPS) is 18.1. The first-order chi connectivity index (χ1) is 11.0. The van der Waals surface area contributed by atoms with Crippen LogP contribution in [0.4, 0.5) is 5.82 Å². The maximum atomic E-state index is 4.60. The van der Waals surface area contributed by atoms with E-state index in [1.54, 1.807) is 11.3 Å². The molecule has 1 saturated heterocycles. The van der Waals surface area contributed by atoms with E-state index in [1.165, 1.54) is 17.0 Å². The number of anilines is 1. The molecule has 0 bridgehead atoms. The second kappa shape index (κ2) is 6.93. The highest BCUT2D eigenvalue weighted by molar-refractivity contribution is 7.09.